The van der Waals surface area contributed by atoms with Gasteiger partial charge in [0.05, 0.1) is 12.3 Å². The van der Waals surface area contributed by atoms with Crippen LogP contribution in [-0.2, 0) is 18.7 Å². The van der Waals surface area contributed by atoms with Crippen molar-refractivity contribution in [2.75, 3.05) is 11.6 Å². The lowest BCUT2D eigenvalue weighted by atomic mass is 10.1. The fraction of sp³-hybridized carbons (Fsp3) is 0.375. The molecule has 2 aromatic rings. The summed E-state index contributed by atoms with van der Waals surface area (Å²) in [5, 5.41) is 3.39. The lowest BCUT2D eigenvalue weighted by Gasteiger charge is -2.05. The standard InChI is InChI=1S/C16H21NOS/c1-3-4-13-5-7-14(8-6-13)17-11-15-9-10-16(18-15)12-19-2/h5-10,17H,3-4,11-12H2,1-2H3. The van der Waals surface area contributed by atoms with E-state index in [1.807, 2.05) is 6.07 Å². The van der Waals surface area contributed by atoms with Gasteiger partial charge in [-0.05, 0) is 42.5 Å². The molecule has 0 bridgehead atoms. The summed E-state index contributed by atoms with van der Waals surface area (Å²) in [7, 11) is 0. The lowest BCUT2D eigenvalue weighted by molar-refractivity contribution is 0.487. The predicted molar refractivity (Wildman–Crippen MR) is 83.7 cm³/mol. The van der Waals surface area contributed by atoms with Gasteiger partial charge in [0.1, 0.15) is 11.5 Å². The molecule has 0 aliphatic heterocycles. The monoisotopic (exact) mass is 275 g/mol. The van der Waals surface area contributed by atoms with Crippen molar-refractivity contribution in [1.82, 2.24) is 0 Å². The van der Waals surface area contributed by atoms with Gasteiger partial charge in [0, 0.05) is 5.69 Å². The first-order valence-corrected chi connectivity index (χ1v) is 8.10. The van der Waals surface area contributed by atoms with Gasteiger partial charge in [-0.3, -0.25) is 0 Å². The first kappa shape index (κ1) is 14.1. The Kier molecular flexibility index (Phi) is 5.40. The van der Waals surface area contributed by atoms with Gasteiger partial charge >= 0.3 is 0 Å². The SMILES string of the molecule is CCCc1ccc(NCc2ccc(CSC)o2)cc1. The quantitative estimate of drug-likeness (QED) is 0.792. The number of rotatable bonds is 7. The number of furan rings is 1. The summed E-state index contributed by atoms with van der Waals surface area (Å²) in [6.45, 7) is 2.94. The van der Waals surface area contributed by atoms with Gasteiger partial charge in [-0.2, -0.15) is 11.8 Å². The Hall–Kier alpha value is -1.35. The molecule has 1 heterocycles. The second-order valence-corrected chi connectivity index (χ2v) is 5.47. The highest BCUT2D eigenvalue weighted by atomic mass is 32.2. The molecule has 3 heteroatoms. The third kappa shape index (κ3) is 4.35. The number of hydrogen-bond donors (Lipinski definition) is 1. The maximum absolute atomic E-state index is 5.72. The molecule has 0 spiro atoms. The van der Waals surface area contributed by atoms with Crippen LogP contribution >= 0.6 is 11.8 Å². The van der Waals surface area contributed by atoms with E-state index in [-0.39, 0.29) is 0 Å². The highest BCUT2D eigenvalue weighted by Gasteiger charge is 2.01. The third-order valence-electron chi connectivity index (χ3n) is 2.96. The minimum Gasteiger partial charge on any atom is -0.463 e. The Balaban J connectivity index is 1.86. The van der Waals surface area contributed by atoms with Crippen LogP contribution in [-0.4, -0.2) is 6.26 Å². The van der Waals surface area contributed by atoms with E-state index in [1.165, 1.54) is 12.0 Å². The fourth-order valence-electron chi connectivity index (χ4n) is 2.00. The zero-order valence-corrected chi connectivity index (χ0v) is 12.4. The molecule has 0 saturated carbocycles. The van der Waals surface area contributed by atoms with Crippen LogP contribution < -0.4 is 5.32 Å². The largest absolute Gasteiger partial charge is 0.463 e. The summed E-state index contributed by atoms with van der Waals surface area (Å²) in [5.74, 6) is 2.97. The highest BCUT2D eigenvalue weighted by molar-refractivity contribution is 7.97. The van der Waals surface area contributed by atoms with Gasteiger partial charge in [0.25, 0.3) is 0 Å². The summed E-state index contributed by atoms with van der Waals surface area (Å²) in [6.07, 6.45) is 4.42. The number of benzene rings is 1. The molecule has 0 aliphatic rings. The van der Waals surface area contributed by atoms with Gasteiger partial charge in [0.15, 0.2) is 0 Å². The molecule has 0 amide bonds. The minimum absolute atomic E-state index is 0.738. The molecule has 1 aromatic heterocycles. The lowest BCUT2D eigenvalue weighted by Crippen LogP contribution is -1.98. The summed E-state index contributed by atoms with van der Waals surface area (Å²) >= 11 is 1.77. The highest BCUT2D eigenvalue weighted by Crippen LogP contribution is 2.16. The van der Waals surface area contributed by atoms with Gasteiger partial charge in [-0.1, -0.05) is 25.5 Å². The second-order valence-electron chi connectivity index (χ2n) is 4.60. The van der Waals surface area contributed by atoms with Crippen molar-refractivity contribution in [3.05, 3.63) is 53.5 Å². The molecule has 2 nitrogen and oxygen atoms in total. The molecule has 19 heavy (non-hydrogen) atoms. The van der Waals surface area contributed by atoms with Crippen molar-refractivity contribution >= 4 is 17.4 Å². The van der Waals surface area contributed by atoms with Crippen LogP contribution in [0.3, 0.4) is 0 Å². The Morgan fingerprint density at radius 2 is 1.79 bits per heavy atom. The second kappa shape index (κ2) is 7.29. The Morgan fingerprint density at radius 3 is 2.47 bits per heavy atom. The molecule has 0 atom stereocenters. The Labute approximate surface area is 119 Å². The van der Waals surface area contributed by atoms with E-state index in [0.29, 0.717) is 0 Å². The van der Waals surface area contributed by atoms with Crippen molar-refractivity contribution in [1.29, 1.82) is 0 Å². The zero-order chi connectivity index (χ0) is 13.5. The molecule has 1 aromatic carbocycles. The summed E-state index contributed by atoms with van der Waals surface area (Å²) in [4.78, 5) is 0. The summed E-state index contributed by atoms with van der Waals surface area (Å²) in [6, 6.07) is 12.7. The molecular weight excluding hydrogens is 254 g/mol. The number of nitrogens with one attached hydrogen (secondary N) is 1. The summed E-state index contributed by atoms with van der Waals surface area (Å²) in [5.41, 5.74) is 2.54. The van der Waals surface area contributed by atoms with E-state index in [2.05, 4.69) is 48.8 Å². The predicted octanol–water partition coefficient (Wildman–Crippen LogP) is 4.71. The van der Waals surface area contributed by atoms with Crippen molar-refractivity contribution in [2.24, 2.45) is 0 Å². The first-order valence-electron chi connectivity index (χ1n) is 6.71. The maximum Gasteiger partial charge on any atom is 0.123 e. The average molecular weight is 275 g/mol. The third-order valence-corrected chi connectivity index (χ3v) is 3.54. The number of aryl methyl sites for hydroxylation is 1. The number of thioether (sulfide) groups is 1. The van der Waals surface area contributed by atoms with E-state index in [9.17, 15) is 0 Å². The molecule has 1 N–H and O–H groups in total. The normalized spacial score (nSPS) is 10.6. The molecule has 0 aliphatic carbocycles. The average Bonchev–Trinajstić information content (AvgIpc) is 2.87. The van der Waals surface area contributed by atoms with E-state index < -0.39 is 0 Å². The van der Waals surface area contributed by atoms with Gasteiger partial charge < -0.3 is 9.73 Å². The van der Waals surface area contributed by atoms with Crippen molar-refractivity contribution < 1.29 is 4.42 Å². The van der Waals surface area contributed by atoms with Gasteiger partial charge in [0.2, 0.25) is 0 Å². The van der Waals surface area contributed by atoms with Gasteiger partial charge in [-0.15, -0.1) is 0 Å². The smallest absolute Gasteiger partial charge is 0.123 e. The fourth-order valence-corrected chi connectivity index (χ4v) is 2.44. The Morgan fingerprint density at radius 1 is 1.05 bits per heavy atom. The molecule has 0 radical (unpaired) electrons. The van der Waals surface area contributed by atoms with E-state index >= 15 is 0 Å². The first-order chi connectivity index (χ1) is 9.31. The van der Waals surface area contributed by atoms with Crippen LogP contribution in [0.4, 0.5) is 5.69 Å². The van der Waals surface area contributed by atoms with Crippen LogP contribution in [0.2, 0.25) is 0 Å². The van der Waals surface area contributed by atoms with Crippen LogP contribution in [0.1, 0.15) is 30.4 Å². The van der Waals surface area contributed by atoms with E-state index in [1.54, 1.807) is 11.8 Å². The Bertz CT molecular complexity index is 490. The number of hydrogen-bond acceptors (Lipinski definition) is 3. The van der Waals surface area contributed by atoms with Crippen LogP contribution in [0, 0.1) is 0 Å². The summed E-state index contributed by atoms with van der Waals surface area (Å²) < 4.78 is 5.72. The van der Waals surface area contributed by atoms with Crippen molar-refractivity contribution in [2.45, 2.75) is 32.1 Å². The molecule has 2 rings (SSSR count). The van der Waals surface area contributed by atoms with Crippen molar-refractivity contribution in [3.8, 4) is 0 Å². The maximum atomic E-state index is 5.72. The molecule has 0 fully saturated rings. The van der Waals surface area contributed by atoms with E-state index in [0.717, 1.165) is 35.9 Å². The van der Waals surface area contributed by atoms with Crippen LogP contribution in [0.25, 0.3) is 0 Å². The molecule has 102 valence electrons. The number of anilines is 1. The topological polar surface area (TPSA) is 25.2 Å². The van der Waals surface area contributed by atoms with E-state index in [4.69, 9.17) is 4.42 Å². The zero-order valence-electron chi connectivity index (χ0n) is 11.6. The minimum atomic E-state index is 0.738. The van der Waals surface area contributed by atoms with Gasteiger partial charge in [-0.25, -0.2) is 0 Å². The van der Waals surface area contributed by atoms with Crippen LogP contribution in [0.5, 0.6) is 0 Å². The van der Waals surface area contributed by atoms with Crippen LogP contribution in [0.15, 0.2) is 40.8 Å². The van der Waals surface area contributed by atoms with Crippen molar-refractivity contribution in [3.63, 3.8) is 0 Å². The molecule has 0 saturated heterocycles. The molecular formula is C16H21NOS. The molecule has 0 unspecified atom stereocenters.